The molecule has 1 aromatic carbocycles. The molecule has 1 heterocycles. The topological polar surface area (TPSA) is 55.4 Å². The van der Waals surface area contributed by atoms with Crippen LogP contribution in [0.4, 0.5) is 0 Å². The van der Waals surface area contributed by atoms with Gasteiger partial charge in [0.05, 0.1) is 18.6 Å². The molecule has 1 N–H and O–H groups in total. The third-order valence-electron chi connectivity index (χ3n) is 4.11. The minimum Gasteiger partial charge on any atom is -0.497 e. The maximum Gasteiger partial charge on any atom is 0.150 e. The van der Waals surface area contributed by atoms with Gasteiger partial charge in [0.25, 0.3) is 0 Å². The fraction of sp³-hybridized carbons (Fsp3) is 0.625. The van der Waals surface area contributed by atoms with E-state index in [1.807, 2.05) is 12.1 Å². The summed E-state index contributed by atoms with van der Waals surface area (Å²) in [4.78, 5) is 0. The van der Waals surface area contributed by atoms with E-state index in [0.29, 0.717) is 23.5 Å². The number of aryl methyl sites for hydroxylation is 1. The lowest BCUT2D eigenvalue weighted by Crippen LogP contribution is -2.32. The van der Waals surface area contributed by atoms with Gasteiger partial charge in [0.1, 0.15) is 5.75 Å². The number of rotatable bonds is 7. The first-order chi connectivity index (χ1) is 9.98. The quantitative estimate of drug-likeness (QED) is 0.837. The molecule has 0 aliphatic carbocycles. The number of benzene rings is 1. The Morgan fingerprint density at radius 2 is 2.05 bits per heavy atom. The maximum absolute atomic E-state index is 11.4. The van der Waals surface area contributed by atoms with Crippen molar-refractivity contribution in [3.05, 3.63) is 29.8 Å². The molecule has 4 nitrogen and oxygen atoms in total. The second kappa shape index (κ2) is 7.27. The summed E-state index contributed by atoms with van der Waals surface area (Å²) in [5, 5.41) is 3.47. The Morgan fingerprint density at radius 3 is 2.62 bits per heavy atom. The SMILES string of the molecule is COc1ccc(CCC(C)NCC2CCS(=O)(=O)C2)cc1. The molecular weight excluding hydrogens is 286 g/mol. The molecule has 1 saturated heterocycles. The lowest BCUT2D eigenvalue weighted by atomic mass is 10.0. The number of methoxy groups -OCH3 is 1. The van der Waals surface area contributed by atoms with Crippen LogP contribution in [0.15, 0.2) is 24.3 Å². The summed E-state index contributed by atoms with van der Waals surface area (Å²) in [7, 11) is -1.09. The molecule has 118 valence electrons. The van der Waals surface area contributed by atoms with Crippen molar-refractivity contribution in [3.8, 4) is 5.75 Å². The van der Waals surface area contributed by atoms with Crippen molar-refractivity contribution in [2.24, 2.45) is 5.92 Å². The molecule has 0 spiro atoms. The fourth-order valence-electron chi connectivity index (χ4n) is 2.68. The molecule has 0 bridgehead atoms. The van der Waals surface area contributed by atoms with Crippen molar-refractivity contribution in [2.75, 3.05) is 25.2 Å². The Labute approximate surface area is 127 Å². The highest BCUT2D eigenvalue weighted by Gasteiger charge is 2.27. The summed E-state index contributed by atoms with van der Waals surface area (Å²) in [6, 6.07) is 8.55. The van der Waals surface area contributed by atoms with Crippen molar-refractivity contribution in [2.45, 2.75) is 32.2 Å². The first-order valence-corrected chi connectivity index (χ1v) is 9.37. The summed E-state index contributed by atoms with van der Waals surface area (Å²) in [5.74, 6) is 1.89. The van der Waals surface area contributed by atoms with Crippen molar-refractivity contribution < 1.29 is 13.2 Å². The molecule has 2 rings (SSSR count). The van der Waals surface area contributed by atoms with Gasteiger partial charge in [-0.2, -0.15) is 0 Å². The van der Waals surface area contributed by atoms with Crippen LogP contribution >= 0.6 is 0 Å². The third-order valence-corrected chi connectivity index (χ3v) is 5.94. The molecule has 2 atom stereocenters. The van der Waals surface area contributed by atoms with Crippen molar-refractivity contribution in [3.63, 3.8) is 0 Å². The van der Waals surface area contributed by atoms with Gasteiger partial charge >= 0.3 is 0 Å². The van der Waals surface area contributed by atoms with E-state index in [1.54, 1.807) is 7.11 Å². The van der Waals surface area contributed by atoms with Crippen molar-refractivity contribution in [1.29, 1.82) is 0 Å². The number of hydrogen-bond acceptors (Lipinski definition) is 4. The van der Waals surface area contributed by atoms with Crippen LogP contribution in [-0.2, 0) is 16.3 Å². The van der Waals surface area contributed by atoms with Gasteiger partial charge in [-0.05, 0) is 56.3 Å². The summed E-state index contributed by atoms with van der Waals surface area (Å²) < 4.78 is 28.0. The summed E-state index contributed by atoms with van der Waals surface area (Å²) >= 11 is 0. The van der Waals surface area contributed by atoms with Crippen LogP contribution in [0.1, 0.15) is 25.3 Å². The standard InChI is InChI=1S/C16H25NO3S/c1-13(17-11-15-9-10-21(18,19)12-15)3-4-14-5-7-16(20-2)8-6-14/h5-8,13,15,17H,3-4,9-12H2,1-2H3. The second-order valence-electron chi connectivity index (χ2n) is 5.97. The fourth-order valence-corrected chi connectivity index (χ4v) is 4.54. The van der Waals surface area contributed by atoms with Gasteiger partial charge in [0.2, 0.25) is 0 Å². The number of nitrogens with one attached hydrogen (secondary N) is 1. The molecule has 1 fully saturated rings. The van der Waals surface area contributed by atoms with Crippen LogP contribution in [0.3, 0.4) is 0 Å². The first-order valence-electron chi connectivity index (χ1n) is 7.55. The molecule has 5 heteroatoms. The molecule has 0 saturated carbocycles. The number of sulfone groups is 1. The van der Waals surface area contributed by atoms with Crippen molar-refractivity contribution >= 4 is 9.84 Å². The normalized spacial score (nSPS) is 22.1. The summed E-state index contributed by atoms with van der Waals surface area (Å²) in [6.07, 6.45) is 2.87. The molecule has 2 unspecified atom stereocenters. The predicted octanol–water partition coefficient (Wildman–Crippen LogP) is 2.04. The lowest BCUT2D eigenvalue weighted by Gasteiger charge is -2.16. The van der Waals surface area contributed by atoms with Crippen LogP contribution in [0.25, 0.3) is 0 Å². The average Bonchev–Trinajstić information content (AvgIpc) is 2.83. The van der Waals surface area contributed by atoms with Crippen LogP contribution in [0, 0.1) is 5.92 Å². The van der Waals surface area contributed by atoms with Gasteiger partial charge in [-0.25, -0.2) is 8.42 Å². The van der Waals surface area contributed by atoms with Gasteiger partial charge in [-0.3, -0.25) is 0 Å². The first kappa shape index (κ1) is 16.3. The van der Waals surface area contributed by atoms with E-state index in [-0.39, 0.29) is 0 Å². The van der Waals surface area contributed by atoms with E-state index >= 15 is 0 Å². The smallest absolute Gasteiger partial charge is 0.150 e. The van der Waals surface area contributed by atoms with E-state index in [9.17, 15) is 8.42 Å². The third kappa shape index (κ3) is 5.32. The molecule has 1 aliphatic rings. The Balaban J connectivity index is 1.68. The number of ether oxygens (including phenoxy) is 1. The van der Waals surface area contributed by atoms with E-state index in [1.165, 1.54) is 5.56 Å². The van der Waals surface area contributed by atoms with E-state index in [0.717, 1.165) is 31.6 Å². The van der Waals surface area contributed by atoms with Crippen LogP contribution in [0.2, 0.25) is 0 Å². The maximum atomic E-state index is 11.4. The van der Waals surface area contributed by atoms with Gasteiger partial charge in [0, 0.05) is 6.04 Å². The van der Waals surface area contributed by atoms with Gasteiger partial charge in [-0.15, -0.1) is 0 Å². The Morgan fingerprint density at radius 1 is 1.33 bits per heavy atom. The summed E-state index contributed by atoms with van der Waals surface area (Å²) in [5.41, 5.74) is 1.30. The monoisotopic (exact) mass is 311 g/mol. The Hall–Kier alpha value is -1.07. The largest absolute Gasteiger partial charge is 0.497 e. The molecule has 21 heavy (non-hydrogen) atoms. The minimum atomic E-state index is -2.76. The summed E-state index contributed by atoms with van der Waals surface area (Å²) in [6.45, 7) is 2.97. The highest BCUT2D eigenvalue weighted by atomic mass is 32.2. The highest BCUT2D eigenvalue weighted by molar-refractivity contribution is 7.91. The van der Waals surface area contributed by atoms with Crippen molar-refractivity contribution in [1.82, 2.24) is 5.32 Å². The predicted molar refractivity (Wildman–Crippen MR) is 85.5 cm³/mol. The lowest BCUT2D eigenvalue weighted by molar-refractivity contribution is 0.414. The Bertz CT molecular complexity index is 539. The van der Waals surface area contributed by atoms with E-state index in [2.05, 4.69) is 24.4 Å². The Kier molecular flexibility index (Phi) is 5.65. The second-order valence-corrected chi connectivity index (χ2v) is 8.19. The molecule has 0 aromatic heterocycles. The molecule has 0 radical (unpaired) electrons. The van der Waals surface area contributed by atoms with Gasteiger partial charge in [0.15, 0.2) is 9.84 Å². The molecular formula is C16H25NO3S. The molecule has 1 aromatic rings. The van der Waals surface area contributed by atoms with Crippen LogP contribution < -0.4 is 10.1 Å². The molecule has 1 aliphatic heterocycles. The van der Waals surface area contributed by atoms with Gasteiger partial charge < -0.3 is 10.1 Å². The highest BCUT2D eigenvalue weighted by Crippen LogP contribution is 2.18. The zero-order valence-electron chi connectivity index (χ0n) is 12.8. The minimum absolute atomic E-state index is 0.290. The van der Waals surface area contributed by atoms with Crippen LogP contribution in [-0.4, -0.2) is 39.6 Å². The number of hydrogen-bond donors (Lipinski definition) is 1. The zero-order chi connectivity index (χ0) is 15.3. The van der Waals surface area contributed by atoms with Gasteiger partial charge in [-0.1, -0.05) is 12.1 Å². The van der Waals surface area contributed by atoms with Crippen LogP contribution in [0.5, 0.6) is 5.75 Å². The van der Waals surface area contributed by atoms with E-state index < -0.39 is 9.84 Å². The average molecular weight is 311 g/mol. The zero-order valence-corrected chi connectivity index (χ0v) is 13.7. The molecule has 0 amide bonds. The van der Waals surface area contributed by atoms with E-state index in [4.69, 9.17) is 4.74 Å².